The topological polar surface area (TPSA) is 0 Å². The molecule has 0 aromatic carbocycles. The van der Waals surface area contributed by atoms with E-state index < -0.39 is 13.9 Å². The van der Waals surface area contributed by atoms with Gasteiger partial charge in [-0.2, -0.15) is 24.3 Å². The highest BCUT2D eigenvalue weighted by Gasteiger charge is 2.38. The van der Waals surface area contributed by atoms with E-state index in [1.54, 1.807) is 0 Å². The zero-order valence-corrected chi connectivity index (χ0v) is 6.21. The molecule has 1 unspecified atom stereocenters. The Labute approximate surface area is 52.0 Å². The van der Waals surface area contributed by atoms with Crippen LogP contribution in [0.4, 0.5) is 13.2 Å². The van der Waals surface area contributed by atoms with Gasteiger partial charge in [0.05, 0.1) is 0 Å². The largest absolute Gasteiger partial charge is 0.374 e. The van der Waals surface area contributed by atoms with E-state index in [0.717, 1.165) is 0 Å². The number of hydrogen-bond acceptors (Lipinski definition) is 0. The van der Waals surface area contributed by atoms with Gasteiger partial charge >= 0.3 is 5.80 Å². The van der Waals surface area contributed by atoms with E-state index in [1.165, 1.54) is 6.92 Å². The van der Waals surface area contributed by atoms with E-state index in [2.05, 4.69) is 0 Å². The Kier molecular flexibility index (Phi) is 2.83. The van der Waals surface area contributed by atoms with Crippen molar-refractivity contribution in [2.75, 3.05) is 0 Å². The molecule has 8 heavy (non-hydrogen) atoms. The minimum Gasteiger partial charge on any atom is -0.175 e. The Morgan fingerprint density at radius 1 is 1.50 bits per heavy atom. The van der Waals surface area contributed by atoms with Crippen LogP contribution in [-0.4, -0.2) is 13.9 Å². The average Bonchev–Trinajstić information content (AvgIpc) is 1.62. The summed E-state index contributed by atoms with van der Waals surface area (Å²) in [7, 11) is -2.90. The van der Waals surface area contributed by atoms with Crippen molar-refractivity contribution in [1.29, 1.82) is 0 Å². The van der Waals surface area contributed by atoms with Gasteiger partial charge in [-0.05, 0) is 6.04 Å². The van der Waals surface area contributed by atoms with Gasteiger partial charge in [0.25, 0.3) is 8.11 Å². The van der Waals surface area contributed by atoms with Gasteiger partial charge in [-0.15, -0.1) is 0 Å². The molecule has 1 atom stereocenters. The summed E-state index contributed by atoms with van der Waals surface area (Å²) in [6.07, 6.45) is 0. The molecule has 0 aromatic rings. The van der Waals surface area contributed by atoms with Crippen molar-refractivity contribution in [3.05, 3.63) is 0 Å². The molecule has 0 bridgehead atoms. The van der Waals surface area contributed by atoms with Gasteiger partial charge in [-0.25, -0.2) is 0 Å². The highest BCUT2D eigenvalue weighted by atomic mass is 35.6. The maximum Gasteiger partial charge on any atom is 0.374 e. The van der Waals surface area contributed by atoms with Crippen molar-refractivity contribution in [2.24, 2.45) is 0 Å². The van der Waals surface area contributed by atoms with Crippen molar-refractivity contribution < 1.29 is 13.2 Å². The van der Waals surface area contributed by atoms with Gasteiger partial charge in [-0.3, -0.25) is 0 Å². The number of halogens is 4. The molecule has 0 rings (SSSR count). The summed E-state index contributed by atoms with van der Waals surface area (Å²) < 4.78 is 34.1. The fourth-order valence-electron chi connectivity index (χ4n) is 0.231. The lowest BCUT2D eigenvalue weighted by molar-refractivity contribution is -0.0489. The Morgan fingerprint density at radius 2 is 1.88 bits per heavy atom. The summed E-state index contributed by atoms with van der Waals surface area (Å²) in [5.41, 5.74) is 0. The lowest BCUT2D eigenvalue weighted by Gasteiger charge is -2.07. The minimum absolute atomic E-state index is 0.0745. The molecule has 0 aliphatic heterocycles. The molecule has 0 nitrogen and oxygen atoms in total. The third-order valence-corrected chi connectivity index (χ3v) is 3.81. The fraction of sp³-hybridized carbons (Fsp3) is 1.00. The van der Waals surface area contributed by atoms with Crippen molar-refractivity contribution >= 4 is 19.2 Å². The van der Waals surface area contributed by atoms with Crippen LogP contribution in [-0.2, 0) is 0 Å². The van der Waals surface area contributed by atoms with Crippen molar-refractivity contribution in [3.8, 4) is 0 Å². The molecule has 0 saturated carbocycles. The van der Waals surface area contributed by atoms with E-state index in [0.29, 0.717) is 0 Å². The number of rotatable bonds is 1. The van der Waals surface area contributed by atoms with Crippen LogP contribution in [0.5, 0.6) is 0 Å². The molecule has 5 heteroatoms. The van der Waals surface area contributed by atoms with Gasteiger partial charge in [0.15, 0.2) is 0 Å². The van der Waals surface area contributed by atoms with E-state index in [1.807, 2.05) is 0 Å². The zero-order chi connectivity index (χ0) is 6.78. The van der Waals surface area contributed by atoms with Gasteiger partial charge in [0.2, 0.25) is 0 Å². The third kappa shape index (κ3) is 2.57. The third-order valence-electron chi connectivity index (χ3n) is 0.714. The maximum absolute atomic E-state index is 11.4. The molecule has 0 aromatic heterocycles. The van der Waals surface area contributed by atoms with Crippen LogP contribution in [0.2, 0.25) is 6.04 Å². The van der Waals surface area contributed by atoms with Gasteiger partial charge < -0.3 is 0 Å². The van der Waals surface area contributed by atoms with Crippen LogP contribution in [0.25, 0.3) is 0 Å². The molecule has 0 spiro atoms. The molecule has 50 valence electrons. The van der Waals surface area contributed by atoms with Crippen molar-refractivity contribution in [3.63, 3.8) is 0 Å². The first kappa shape index (κ1) is 8.30. The quantitative estimate of drug-likeness (QED) is 0.409. The van der Waals surface area contributed by atoms with Crippen LogP contribution < -0.4 is 0 Å². The summed E-state index contributed by atoms with van der Waals surface area (Å²) >= 11 is 4.96. The predicted molar refractivity (Wildman–Crippen MR) is 29.5 cm³/mol. The lowest BCUT2D eigenvalue weighted by atomic mass is 11.0. The van der Waals surface area contributed by atoms with Crippen molar-refractivity contribution in [2.45, 2.75) is 18.8 Å². The Bertz CT molecular complexity index is 71.4. The van der Waals surface area contributed by atoms with Gasteiger partial charge in [-0.1, -0.05) is 6.92 Å². The standard InChI is InChI=1S/C3H6ClF3Si/c1-2-8(4)3(5,6)7/h8H,2H2,1H3. The first-order valence-corrected chi connectivity index (χ1v) is 5.33. The molecule has 0 fully saturated rings. The lowest BCUT2D eigenvalue weighted by Crippen LogP contribution is -2.26. The van der Waals surface area contributed by atoms with E-state index in [4.69, 9.17) is 11.1 Å². The van der Waals surface area contributed by atoms with Crippen molar-refractivity contribution in [1.82, 2.24) is 0 Å². The first-order valence-electron chi connectivity index (χ1n) is 2.19. The molecular weight excluding hydrogens is 157 g/mol. The molecule has 0 aliphatic carbocycles. The predicted octanol–water partition coefficient (Wildman–Crippen LogP) is 2.07. The Morgan fingerprint density at radius 3 is 1.88 bits per heavy atom. The molecule has 0 saturated heterocycles. The molecule has 0 aliphatic rings. The average molecular weight is 163 g/mol. The highest BCUT2D eigenvalue weighted by molar-refractivity contribution is 7.07. The normalized spacial score (nSPS) is 16.1. The summed E-state index contributed by atoms with van der Waals surface area (Å²) in [6, 6.07) is 0.0745. The van der Waals surface area contributed by atoms with Gasteiger partial charge in [0.1, 0.15) is 0 Å². The monoisotopic (exact) mass is 162 g/mol. The maximum atomic E-state index is 11.4. The Balaban J connectivity index is 3.62. The van der Waals surface area contributed by atoms with Gasteiger partial charge in [0, 0.05) is 0 Å². The van der Waals surface area contributed by atoms with Crippen LogP contribution in [0, 0.1) is 0 Å². The smallest absolute Gasteiger partial charge is 0.175 e. The summed E-state index contributed by atoms with van der Waals surface area (Å²) in [6.45, 7) is 1.46. The summed E-state index contributed by atoms with van der Waals surface area (Å²) in [5.74, 6) is -4.09. The molecule has 0 radical (unpaired) electrons. The first-order chi connectivity index (χ1) is 3.48. The zero-order valence-electron chi connectivity index (χ0n) is 4.30. The molecule has 0 heterocycles. The highest BCUT2D eigenvalue weighted by Crippen LogP contribution is 2.23. The second-order valence-corrected chi connectivity index (χ2v) is 5.40. The number of alkyl halides is 3. The van der Waals surface area contributed by atoms with E-state index in [9.17, 15) is 13.2 Å². The summed E-state index contributed by atoms with van der Waals surface area (Å²) in [4.78, 5) is 0. The minimum atomic E-state index is -4.09. The number of hydrogen-bond donors (Lipinski definition) is 0. The van der Waals surface area contributed by atoms with Crippen LogP contribution in [0.1, 0.15) is 6.92 Å². The van der Waals surface area contributed by atoms with Crippen LogP contribution >= 0.6 is 11.1 Å². The van der Waals surface area contributed by atoms with E-state index in [-0.39, 0.29) is 6.04 Å². The molecule has 0 N–H and O–H groups in total. The molecular formula is C3H6ClF3Si. The van der Waals surface area contributed by atoms with Crippen LogP contribution in [0.15, 0.2) is 0 Å². The molecule has 0 amide bonds. The second kappa shape index (κ2) is 2.73. The summed E-state index contributed by atoms with van der Waals surface area (Å²) in [5, 5.41) is 0. The van der Waals surface area contributed by atoms with E-state index >= 15 is 0 Å². The van der Waals surface area contributed by atoms with Crippen LogP contribution in [0.3, 0.4) is 0 Å². The second-order valence-electron chi connectivity index (χ2n) is 1.42. The fourth-order valence-corrected chi connectivity index (χ4v) is 0.694. The SMILES string of the molecule is CC[SiH](Cl)C(F)(F)F. The Hall–Kier alpha value is 0.297.